The van der Waals surface area contributed by atoms with Gasteiger partial charge in [0.25, 0.3) is 5.91 Å². The molecule has 1 aliphatic heterocycles. The summed E-state index contributed by atoms with van der Waals surface area (Å²) in [5.41, 5.74) is -0.350. The first-order chi connectivity index (χ1) is 12.0. The fourth-order valence-electron chi connectivity index (χ4n) is 3.35. The summed E-state index contributed by atoms with van der Waals surface area (Å²) in [6.07, 6.45) is 1.95. The molecule has 128 valence electrons. The zero-order valence-corrected chi connectivity index (χ0v) is 14.0. The highest BCUT2D eigenvalue weighted by molar-refractivity contribution is 6.04. The Morgan fingerprint density at radius 2 is 2.00 bits per heavy atom. The Balaban J connectivity index is 1.67. The maximum absolute atomic E-state index is 13.0. The van der Waals surface area contributed by atoms with Gasteiger partial charge in [-0.1, -0.05) is 42.5 Å². The van der Waals surface area contributed by atoms with Gasteiger partial charge in [-0.25, -0.2) is 9.79 Å². The molecule has 2 amide bonds. The summed E-state index contributed by atoms with van der Waals surface area (Å²) in [5, 5.41) is 15.0. The van der Waals surface area contributed by atoms with E-state index >= 15 is 0 Å². The number of amidine groups is 1. The van der Waals surface area contributed by atoms with E-state index in [1.807, 2.05) is 42.5 Å². The molecule has 2 aromatic rings. The number of fused-ring (bicyclic) bond motifs is 1. The third-order valence-corrected chi connectivity index (χ3v) is 4.86. The molecule has 2 aromatic carbocycles. The highest BCUT2D eigenvalue weighted by atomic mass is 16.3. The molecule has 0 saturated heterocycles. The molecule has 3 N–H and O–H groups in total. The number of nitrogens with one attached hydrogen (secondary N) is 2. The Kier molecular flexibility index (Phi) is 3.49. The van der Waals surface area contributed by atoms with Crippen LogP contribution in [-0.4, -0.2) is 40.4 Å². The van der Waals surface area contributed by atoms with Gasteiger partial charge in [0, 0.05) is 11.6 Å². The van der Waals surface area contributed by atoms with Crippen LogP contribution in [0.3, 0.4) is 0 Å². The SMILES string of the molecule is C[C@@]1(c2cccc3ccccc23)[NH+]=C(O)N(CC(=O)NC2CC2)C1=O. The number of carbonyl (C=O) groups excluding carboxylic acids is 2. The Bertz CT molecular complexity index is 898. The second-order valence-electron chi connectivity index (χ2n) is 6.83. The van der Waals surface area contributed by atoms with Crippen molar-refractivity contribution in [2.24, 2.45) is 0 Å². The molecular formula is C19H20N3O3+. The van der Waals surface area contributed by atoms with Crippen LogP contribution in [0.5, 0.6) is 0 Å². The van der Waals surface area contributed by atoms with E-state index in [-0.39, 0.29) is 30.4 Å². The minimum absolute atomic E-state index is 0.186. The predicted molar refractivity (Wildman–Crippen MR) is 92.8 cm³/mol. The number of carbonyl (C=O) groups is 2. The maximum atomic E-state index is 13.0. The number of hydrogen-bond acceptors (Lipinski definition) is 2. The normalized spacial score (nSPS) is 23.0. The first kappa shape index (κ1) is 15.6. The zero-order valence-electron chi connectivity index (χ0n) is 14.0. The third-order valence-electron chi connectivity index (χ3n) is 4.86. The topological polar surface area (TPSA) is 83.6 Å². The first-order valence-corrected chi connectivity index (χ1v) is 8.43. The molecule has 6 heteroatoms. The number of nitrogens with zero attached hydrogens (tertiary/aromatic N) is 1. The van der Waals surface area contributed by atoms with E-state index in [1.165, 1.54) is 0 Å². The Morgan fingerprint density at radius 3 is 2.76 bits per heavy atom. The first-order valence-electron chi connectivity index (χ1n) is 8.43. The molecule has 6 nitrogen and oxygen atoms in total. The van der Waals surface area contributed by atoms with Gasteiger partial charge >= 0.3 is 11.9 Å². The van der Waals surface area contributed by atoms with Gasteiger partial charge in [0.2, 0.25) is 5.54 Å². The molecular weight excluding hydrogens is 318 g/mol. The number of aliphatic hydroxyl groups excluding tert-OH is 1. The lowest BCUT2D eigenvalue weighted by Gasteiger charge is -2.18. The van der Waals surface area contributed by atoms with Crippen molar-refractivity contribution >= 4 is 28.6 Å². The predicted octanol–water partition coefficient (Wildman–Crippen LogP) is 0.170. The minimum Gasteiger partial charge on any atom is -0.447 e. The zero-order chi connectivity index (χ0) is 17.6. The molecule has 0 aromatic heterocycles. The summed E-state index contributed by atoms with van der Waals surface area (Å²) in [4.78, 5) is 29.1. The van der Waals surface area contributed by atoms with Crippen LogP contribution in [0.15, 0.2) is 42.5 Å². The summed E-state index contributed by atoms with van der Waals surface area (Å²) in [6, 6.07) is 13.4. The van der Waals surface area contributed by atoms with E-state index in [2.05, 4.69) is 10.3 Å². The molecule has 1 atom stereocenters. The van der Waals surface area contributed by atoms with Crippen molar-refractivity contribution in [2.45, 2.75) is 31.3 Å². The lowest BCUT2D eigenvalue weighted by molar-refractivity contribution is -0.539. The summed E-state index contributed by atoms with van der Waals surface area (Å²) >= 11 is 0. The van der Waals surface area contributed by atoms with Gasteiger partial charge in [-0.15, -0.1) is 4.90 Å². The van der Waals surface area contributed by atoms with Gasteiger partial charge in [-0.05, 0) is 30.5 Å². The van der Waals surface area contributed by atoms with Crippen LogP contribution < -0.4 is 10.3 Å². The lowest BCUT2D eigenvalue weighted by Crippen LogP contribution is -2.82. The number of rotatable bonds is 4. The van der Waals surface area contributed by atoms with Crippen LogP contribution in [0.2, 0.25) is 0 Å². The quantitative estimate of drug-likeness (QED) is 0.743. The molecule has 4 rings (SSSR count). The average Bonchev–Trinajstić information content (AvgIpc) is 3.38. The number of benzene rings is 2. The van der Waals surface area contributed by atoms with E-state index in [0.717, 1.165) is 34.1 Å². The molecule has 0 bridgehead atoms. The van der Waals surface area contributed by atoms with Crippen LogP contribution >= 0.6 is 0 Å². The van der Waals surface area contributed by atoms with E-state index in [9.17, 15) is 14.7 Å². The minimum atomic E-state index is -1.12. The fraction of sp³-hybridized carbons (Fsp3) is 0.316. The van der Waals surface area contributed by atoms with Gasteiger partial charge in [0.05, 0.1) is 0 Å². The van der Waals surface area contributed by atoms with Crippen LogP contribution in [0.4, 0.5) is 0 Å². The van der Waals surface area contributed by atoms with Crippen LogP contribution in [0.25, 0.3) is 10.8 Å². The number of amides is 2. The Hall–Kier alpha value is -2.89. The lowest BCUT2D eigenvalue weighted by atomic mass is 9.88. The second-order valence-corrected chi connectivity index (χ2v) is 6.83. The van der Waals surface area contributed by atoms with Crippen LogP contribution in [0.1, 0.15) is 25.3 Å². The molecule has 1 fully saturated rings. The van der Waals surface area contributed by atoms with Crippen LogP contribution in [0, 0.1) is 0 Å². The van der Waals surface area contributed by atoms with E-state index < -0.39 is 5.54 Å². The van der Waals surface area contributed by atoms with Gasteiger partial charge in [0.15, 0.2) is 6.54 Å². The molecule has 1 heterocycles. The van der Waals surface area contributed by atoms with Crippen molar-refractivity contribution in [3.8, 4) is 0 Å². The van der Waals surface area contributed by atoms with E-state index in [1.54, 1.807) is 6.92 Å². The van der Waals surface area contributed by atoms with Gasteiger partial charge in [-0.2, -0.15) is 0 Å². The van der Waals surface area contributed by atoms with Gasteiger partial charge < -0.3 is 10.4 Å². The molecule has 0 unspecified atom stereocenters. The van der Waals surface area contributed by atoms with Crippen LogP contribution in [-0.2, 0) is 15.1 Å². The second kappa shape index (κ2) is 5.58. The molecule has 0 spiro atoms. The van der Waals surface area contributed by atoms with Gasteiger partial charge in [0.1, 0.15) is 0 Å². The molecule has 2 aliphatic rings. The third kappa shape index (κ3) is 2.63. The highest BCUT2D eigenvalue weighted by Gasteiger charge is 2.54. The largest absolute Gasteiger partial charge is 0.451 e. The monoisotopic (exact) mass is 338 g/mol. The Morgan fingerprint density at radius 1 is 1.28 bits per heavy atom. The van der Waals surface area contributed by atoms with Crippen molar-refractivity contribution in [3.05, 3.63) is 48.0 Å². The Labute approximate surface area is 145 Å². The van der Waals surface area contributed by atoms with Crippen molar-refractivity contribution in [3.63, 3.8) is 0 Å². The van der Waals surface area contributed by atoms with Crippen molar-refractivity contribution in [1.29, 1.82) is 0 Å². The fourth-order valence-corrected chi connectivity index (χ4v) is 3.35. The smallest absolute Gasteiger partial charge is 0.447 e. The molecule has 1 saturated carbocycles. The molecule has 0 radical (unpaired) electrons. The number of aliphatic hydroxyl groups is 1. The van der Waals surface area contributed by atoms with E-state index in [0.29, 0.717) is 0 Å². The van der Waals surface area contributed by atoms with E-state index in [4.69, 9.17) is 0 Å². The van der Waals surface area contributed by atoms with Crippen molar-refractivity contribution in [2.75, 3.05) is 6.54 Å². The average molecular weight is 338 g/mol. The number of hydrogen-bond donors (Lipinski definition) is 3. The summed E-state index contributed by atoms with van der Waals surface area (Å²) in [7, 11) is 0. The highest BCUT2D eigenvalue weighted by Crippen LogP contribution is 2.29. The maximum Gasteiger partial charge on any atom is 0.451 e. The molecule has 25 heavy (non-hydrogen) atoms. The standard InChI is InChI=1S/C19H19N3O3/c1-19(15-8-4-6-12-5-2-3-7-14(12)15)17(24)22(18(25)21-19)11-16(23)20-13-9-10-13/h2-8,13H,9-11H2,1H3,(H,20,23)(H,21,25)/p+1/t19-/m0/s1. The summed E-state index contributed by atoms with van der Waals surface area (Å²) in [6.45, 7) is 1.54. The van der Waals surface area contributed by atoms with Crippen molar-refractivity contribution in [1.82, 2.24) is 10.2 Å². The van der Waals surface area contributed by atoms with Crippen molar-refractivity contribution < 1.29 is 19.7 Å². The van der Waals surface area contributed by atoms with Gasteiger partial charge in [-0.3, -0.25) is 4.79 Å². The molecule has 1 aliphatic carbocycles. The summed E-state index contributed by atoms with van der Waals surface area (Å²) in [5.74, 6) is -0.598. The summed E-state index contributed by atoms with van der Waals surface area (Å²) < 4.78 is 0.